The number of aliphatic hydroxyl groups excluding tert-OH is 1. The van der Waals surface area contributed by atoms with Crippen molar-refractivity contribution in [3.63, 3.8) is 0 Å². The second kappa shape index (κ2) is 6.48. The second-order valence-electron chi connectivity index (χ2n) is 4.26. The highest BCUT2D eigenvalue weighted by Gasteiger charge is 2.07. The maximum Gasteiger partial charge on any atom is 0.143 e. The minimum Gasteiger partial charge on any atom is -0.491 e. The van der Waals surface area contributed by atoms with Crippen molar-refractivity contribution < 1.29 is 9.84 Å². The van der Waals surface area contributed by atoms with Crippen LogP contribution in [0.5, 0.6) is 5.75 Å². The third-order valence-electron chi connectivity index (χ3n) is 2.53. The summed E-state index contributed by atoms with van der Waals surface area (Å²) < 4.78 is 5.67. The highest BCUT2D eigenvalue weighted by Crippen LogP contribution is 2.18. The van der Waals surface area contributed by atoms with Crippen LogP contribution in [-0.4, -0.2) is 16.7 Å². The fourth-order valence-corrected chi connectivity index (χ4v) is 1.65. The van der Waals surface area contributed by atoms with Gasteiger partial charge in [-0.15, -0.1) is 0 Å². The van der Waals surface area contributed by atoms with Gasteiger partial charge in [-0.1, -0.05) is 20.3 Å². The quantitative estimate of drug-likeness (QED) is 0.806. The highest BCUT2D eigenvalue weighted by atomic mass is 16.5. The van der Waals surface area contributed by atoms with Crippen molar-refractivity contribution in [3.8, 4) is 5.75 Å². The Morgan fingerprint density at radius 1 is 1.44 bits per heavy atom. The van der Waals surface area contributed by atoms with Crippen molar-refractivity contribution in [1.29, 1.82) is 0 Å². The summed E-state index contributed by atoms with van der Waals surface area (Å²) in [5.41, 5.74) is 1.53. The summed E-state index contributed by atoms with van der Waals surface area (Å²) >= 11 is 0. The Labute approximate surface area is 97.5 Å². The molecule has 1 aromatic rings. The summed E-state index contributed by atoms with van der Waals surface area (Å²) in [4.78, 5) is 4.24. The van der Waals surface area contributed by atoms with Crippen LogP contribution in [0.4, 0.5) is 0 Å². The van der Waals surface area contributed by atoms with Crippen molar-refractivity contribution in [2.45, 2.75) is 40.2 Å². The van der Waals surface area contributed by atoms with E-state index in [1.807, 2.05) is 19.1 Å². The third kappa shape index (κ3) is 3.81. The first kappa shape index (κ1) is 13.0. The van der Waals surface area contributed by atoms with Crippen LogP contribution in [0.15, 0.2) is 12.1 Å². The molecule has 3 heteroatoms. The molecule has 1 N–H and O–H groups in total. The number of ether oxygens (including phenoxy) is 1. The Morgan fingerprint density at radius 2 is 2.19 bits per heavy atom. The van der Waals surface area contributed by atoms with Crippen LogP contribution < -0.4 is 4.74 Å². The lowest BCUT2D eigenvalue weighted by Crippen LogP contribution is -2.10. The van der Waals surface area contributed by atoms with E-state index in [0.29, 0.717) is 24.0 Å². The molecule has 0 fully saturated rings. The summed E-state index contributed by atoms with van der Waals surface area (Å²) in [6.45, 7) is 6.86. The van der Waals surface area contributed by atoms with Gasteiger partial charge in [0.05, 0.1) is 13.2 Å². The van der Waals surface area contributed by atoms with E-state index in [1.54, 1.807) is 0 Å². The van der Waals surface area contributed by atoms with Gasteiger partial charge in [-0.3, -0.25) is 4.98 Å². The zero-order valence-corrected chi connectivity index (χ0v) is 10.4. The van der Waals surface area contributed by atoms with Crippen LogP contribution in [-0.2, 0) is 6.61 Å². The van der Waals surface area contributed by atoms with Crippen LogP contribution >= 0.6 is 0 Å². The standard InChI is InChI=1S/C13H21NO2/c1-4-5-10(2)9-16-13-7-6-11(3)14-12(13)8-15/h6-7,10,15H,4-5,8-9H2,1-3H3. The first-order valence-corrected chi connectivity index (χ1v) is 5.87. The molecule has 0 bridgehead atoms. The van der Waals surface area contributed by atoms with E-state index in [0.717, 1.165) is 12.1 Å². The van der Waals surface area contributed by atoms with Crippen LogP contribution in [0.25, 0.3) is 0 Å². The Morgan fingerprint density at radius 3 is 2.81 bits per heavy atom. The average molecular weight is 223 g/mol. The average Bonchev–Trinajstić information content (AvgIpc) is 2.27. The lowest BCUT2D eigenvalue weighted by atomic mass is 10.1. The van der Waals surface area contributed by atoms with E-state index in [1.165, 1.54) is 6.42 Å². The van der Waals surface area contributed by atoms with Crippen LogP contribution in [0, 0.1) is 12.8 Å². The number of aromatic nitrogens is 1. The van der Waals surface area contributed by atoms with Gasteiger partial charge in [-0.2, -0.15) is 0 Å². The van der Waals surface area contributed by atoms with Crippen LogP contribution in [0.2, 0.25) is 0 Å². The van der Waals surface area contributed by atoms with Crippen molar-refractivity contribution in [2.24, 2.45) is 5.92 Å². The van der Waals surface area contributed by atoms with Crippen molar-refractivity contribution in [2.75, 3.05) is 6.61 Å². The van der Waals surface area contributed by atoms with Crippen LogP contribution in [0.3, 0.4) is 0 Å². The van der Waals surface area contributed by atoms with Gasteiger partial charge in [0, 0.05) is 5.69 Å². The lowest BCUT2D eigenvalue weighted by Gasteiger charge is -2.14. The fourth-order valence-electron chi connectivity index (χ4n) is 1.65. The Kier molecular flexibility index (Phi) is 5.26. The molecule has 0 aliphatic heterocycles. The maximum absolute atomic E-state index is 9.17. The zero-order valence-electron chi connectivity index (χ0n) is 10.4. The highest BCUT2D eigenvalue weighted by molar-refractivity contribution is 5.28. The van der Waals surface area contributed by atoms with Crippen molar-refractivity contribution in [1.82, 2.24) is 4.98 Å². The monoisotopic (exact) mass is 223 g/mol. The third-order valence-corrected chi connectivity index (χ3v) is 2.53. The van der Waals surface area contributed by atoms with E-state index < -0.39 is 0 Å². The van der Waals surface area contributed by atoms with E-state index in [-0.39, 0.29) is 6.61 Å². The topological polar surface area (TPSA) is 42.4 Å². The van der Waals surface area contributed by atoms with E-state index in [4.69, 9.17) is 9.84 Å². The van der Waals surface area contributed by atoms with Crippen LogP contribution in [0.1, 0.15) is 38.1 Å². The molecular weight excluding hydrogens is 202 g/mol. The first-order valence-electron chi connectivity index (χ1n) is 5.87. The smallest absolute Gasteiger partial charge is 0.143 e. The number of hydrogen-bond acceptors (Lipinski definition) is 3. The zero-order chi connectivity index (χ0) is 12.0. The number of nitrogens with zero attached hydrogens (tertiary/aromatic N) is 1. The molecule has 1 rings (SSSR count). The van der Waals surface area contributed by atoms with Gasteiger partial charge in [0.2, 0.25) is 0 Å². The molecule has 0 saturated carbocycles. The molecule has 1 aromatic heterocycles. The molecule has 1 atom stereocenters. The molecule has 0 aromatic carbocycles. The Hall–Kier alpha value is -1.09. The summed E-state index contributed by atoms with van der Waals surface area (Å²) in [5.74, 6) is 1.24. The Balaban J connectivity index is 2.59. The van der Waals surface area contributed by atoms with E-state index in [2.05, 4.69) is 18.8 Å². The summed E-state index contributed by atoms with van der Waals surface area (Å²) in [6.07, 6.45) is 2.33. The molecule has 0 radical (unpaired) electrons. The normalized spacial score (nSPS) is 12.5. The molecule has 0 saturated heterocycles. The van der Waals surface area contributed by atoms with Gasteiger partial charge >= 0.3 is 0 Å². The molecule has 0 aliphatic carbocycles. The molecule has 90 valence electrons. The first-order chi connectivity index (χ1) is 7.67. The number of aryl methyl sites for hydroxylation is 1. The predicted octanol–water partition coefficient (Wildman–Crippen LogP) is 2.70. The minimum absolute atomic E-state index is 0.0703. The van der Waals surface area contributed by atoms with Gasteiger partial charge in [-0.05, 0) is 31.4 Å². The van der Waals surface area contributed by atoms with Crippen molar-refractivity contribution in [3.05, 3.63) is 23.5 Å². The number of rotatable bonds is 6. The molecular formula is C13H21NO2. The number of pyridine rings is 1. The number of aliphatic hydroxyl groups is 1. The van der Waals surface area contributed by atoms with E-state index in [9.17, 15) is 0 Å². The molecule has 1 heterocycles. The largest absolute Gasteiger partial charge is 0.491 e. The molecule has 1 unspecified atom stereocenters. The summed E-state index contributed by atoms with van der Waals surface area (Å²) in [7, 11) is 0. The SMILES string of the molecule is CCCC(C)COc1ccc(C)nc1CO. The van der Waals surface area contributed by atoms with E-state index >= 15 is 0 Å². The minimum atomic E-state index is -0.0703. The summed E-state index contributed by atoms with van der Waals surface area (Å²) in [5, 5.41) is 9.17. The molecule has 0 spiro atoms. The second-order valence-corrected chi connectivity index (χ2v) is 4.26. The molecule has 0 amide bonds. The van der Waals surface area contributed by atoms with Gasteiger partial charge in [0.15, 0.2) is 0 Å². The summed E-state index contributed by atoms with van der Waals surface area (Å²) in [6, 6.07) is 3.78. The predicted molar refractivity (Wildman–Crippen MR) is 64.5 cm³/mol. The molecule has 3 nitrogen and oxygen atoms in total. The Bertz CT molecular complexity index is 326. The maximum atomic E-state index is 9.17. The molecule has 16 heavy (non-hydrogen) atoms. The van der Waals surface area contributed by atoms with Gasteiger partial charge < -0.3 is 9.84 Å². The number of hydrogen-bond donors (Lipinski definition) is 1. The van der Waals surface area contributed by atoms with Gasteiger partial charge in [0.1, 0.15) is 11.4 Å². The van der Waals surface area contributed by atoms with Crippen molar-refractivity contribution >= 4 is 0 Å². The van der Waals surface area contributed by atoms with Gasteiger partial charge in [0.25, 0.3) is 0 Å². The molecule has 0 aliphatic rings. The van der Waals surface area contributed by atoms with Gasteiger partial charge in [-0.25, -0.2) is 0 Å². The lowest BCUT2D eigenvalue weighted by molar-refractivity contribution is 0.230. The fraction of sp³-hybridized carbons (Fsp3) is 0.615.